The number of ether oxygens (including phenoxy) is 1. The van der Waals surface area contributed by atoms with E-state index in [-0.39, 0.29) is 5.91 Å². The highest BCUT2D eigenvalue weighted by molar-refractivity contribution is 5.89. The summed E-state index contributed by atoms with van der Waals surface area (Å²) in [6.07, 6.45) is 2.32. The van der Waals surface area contributed by atoms with Gasteiger partial charge in [0.1, 0.15) is 5.75 Å². The first-order valence-corrected chi connectivity index (χ1v) is 8.01. The Kier molecular flexibility index (Phi) is 4.74. The van der Waals surface area contributed by atoms with Gasteiger partial charge in [0.05, 0.1) is 12.8 Å². The van der Waals surface area contributed by atoms with E-state index in [2.05, 4.69) is 22.3 Å². The van der Waals surface area contributed by atoms with Gasteiger partial charge in [0, 0.05) is 12.0 Å². The minimum atomic E-state index is -0.0567. The first kappa shape index (κ1) is 16.0. The lowest BCUT2D eigenvalue weighted by Crippen LogP contribution is -2.12. The number of anilines is 1. The molecular formula is C18H20N4O2. The van der Waals surface area contributed by atoms with E-state index >= 15 is 0 Å². The van der Waals surface area contributed by atoms with Gasteiger partial charge in [0.15, 0.2) is 5.65 Å². The number of rotatable bonds is 6. The summed E-state index contributed by atoms with van der Waals surface area (Å²) in [5, 5.41) is 7.18. The largest absolute Gasteiger partial charge is 0.497 e. The second-order valence-electron chi connectivity index (χ2n) is 5.50. The molecule has 0 aliphatic carbocycles. The van der Waals surface area contributed by atoms with Crippen molar-refractivity contribution >= 4 is 17.5 Å². The molecule has 2 aromatic heterocycles. The van der Waals surface area contributed by atoms with Crippen LogP contribution >= 0.6 is 0 Å². The summed E-state index contributed by atoms with van der Waals surface area (Å²) in [7, 11) is 1.64. The number of hydrogen-bond acceptors (Lipinski definition) is 4. The number of carbonyl (C=O) groups excluding carboxylic acids is 1. The van der Waals surface area contributed by atoms with Gasteiger partial charge in [-0.2, -0.15) is 4.98 Å². The molecule has 0 fully saturated rings. The third-order valence-electron chi connectivity index (χ3n) is 3.75. The number of hydrogen-bond donors (Lipinski definition) is 1. The standard InChI is InChI=1S/C18H20N4O2/c1-3-4-8-17(23)20-18-19-16-7-5-6-15(22(16)21-18)13-9-11-14(24-2)12-10-13/h5-7,9-12H,3-4,8H2,1-2H3,(H,20,21,23). The van der Waals surface area contributed by atoms with Gasteiger partial charge in [-0.05, 0) is 42.8 Å². The minimum absolute atomic E-state index is 0.0567. The van der Waals surface area contributed by atoms with Crippen LogP contribution in [0, 0.1) is 0 Å². The molecule has 1 aromatic carbocycles. The fourth-order valence-electron chi connectivity index (χ4n) is 2.46. The second-order valence-corrected chi connectivity index (χ2v) is 5.50. The zero-order valence-corrected chi connectivity index (χ0v) is 13.8. The number of aromatic nitrogens is 3. The van der Waals surface area contributed by atoms with E-state index < -0.39 is 0 Å². The van der Waals surface area contributed by atoms with E-state index in [1.54, 1.807) is 11.6 Å². The quantitative estimate of drug-likeness (QED) is 0.753. The van der Waals surface area contributed by atoms with Crippen LogP contribution in [0.25, 0.3) is 16.9 Å². The summed E-state index contributed by atoms with van der Waals surface area (Å²) in [5.41, 5.74) is 2.58. The number of amides is 1. The van der Waals surface area contributed by atoms with Crippen LogP contribution in [0.2, 0.25) is 0 Å². The molecule has 0 saturated heterocycles. The third-order valence-corrected chi connectivity index (χ3v) is 3.75. The number of methoxy groups -OCH3 is 1. The Morgan fingerprint density at radius 2 is 2.00 bits per heavy atom. The number of fused-ring (bicyclic) bond motifs is 1. The molecule has 0 aliphatic rings. The molecule has 124 valence electrons. The van der Waals surface area contributed by atoms with Crippen molar-refractivity contribution in [2.45, 2.75) is 26.2 Å². The van der Waals surface area contributed by atoms with Gasteiger partial charge in [-0.1, -0.05) is 19.4 Å². The topological polar surface area (TPSA) is 68.5 Å². The number of nitrogens with zero attached hydrogens (tertiary/aromatic N) is 3. The number of benzene rings is 1. The molecule has 0 spiro atoms. The van der Waals surface area contributed by atoms with Gasteiger partial charge < -0.3 is 4.74 Å². The second kappa shape index (κ2) is 7.12. The van der Waals surface area contributed by atoms with Crippen molar-refractivity contribution in [1.29, 1.82) is 0 Å². The van der Waals surface area contributed by atoms with E-state index in [1.165, 1.54) is 0 Å². The Hall–Kier alpha value is -2.89. The van der Waals surface area contributed by atoms with Crippen molar-refractivity contribution in [2.75, 3.05) is 12.4 Å². The van der Waals surface area contributed by atoms with E-state index in [4.69, 9.17) is 4.74 Å². The Morgan fingerprint density at radius 3 is 2.71 bits per heavy atom. The molecule has 0 saturated carbocycles. The highest BCUT2D eigenvalue weighted by atomic mass is 16.5. The monoisotopic (exact) mass is 324 g/mol. The van der Waals surface area contributed by atoms with E-state index in [1.807, 2.05) is 42.5 Å². The zero-order valence-electron chi connectivity index (χ0n) is 13.8. The molecule has 3 aromatic rings. The van der Waals surface area contributed by atoms with Crippen molar-refractivity contribution in [3.8, 4) is 17.0 Å². The van der Waals surface area contributed by atoms with Crippen molar-refractivity contribution in [1.82, 2.24) is 14.6 Å². The van der Waals surface area contributed by atoms with Crippen LogP contribution in [0.15, 0.2) is 42.5 Å². The summed E-state index contributed by atoms with van der Waals surface area (Å²) in [4.78, 5) is 16.2. The molecule has 1 N–H and O–H groups in total. The normalized spacial score (nSPS) is 10.8. The van der Waals surface area contributed by atoms with Crippen LogP contribution in [0.5, 0.6) is 5.75 Å². The lowest BCUT2D eigenvalue weighted by atomic mass is 10.1. The van der Waals surface area contributed by atoms with E-state index in [0.29, 0.717) is 18.0 Å². The molecule has 1 amide bonds. The molecule has 0 radical (unpaired) electrons. The Labute approximate surface area is 140 Å². The number of nitrogens with one attached hydrogen (secondary N) is 1. The van der Waals surface area contributed by atoms with Gasteiger partial charge in [-0.15, -0.1) is 5.10 Å². The third kappa shape index (κ3) is 3.37. The van der Waals surface area contributed by atoms with Gasteiger partial charge in [0.25, 0.3) is 0 Å². The maximum atomic E-state index is 11.9. The number of carbonyl (C=O) groups is 1. The predicted octanol–water partition coefficient (Wildman–Crippen LogP) is 3.53. The fraction of sp³-hybridized carbons (Fsp3) is 0.278. The smallest absolute Gasteiger partial charge is 0.249 e. The first-order valence-electron chi connectivity index (χ1n) is 8.01. The summed E-state index contributed by atoms with van der Waals surface area (Å²) < 4.78 is 6.92. The minimum Gasteiger partial charge on any atom is -0.497 e. The SMILES string of the molecule is CCCCC(=O)Nc1nc2cccc(-c3ccc(OC)cc3)n2n1. The molecule has 6 nitrogen and oxygen atoms in total. The zero-order chi connectivity index (χ0) is 16.9. The average molecular weight is 324 g/mol. The van der Waals surface area contributed by atoms with Crippen molar-refractivity contribution in [3.05, 3.63) is 42.5 Å². The predicted molar refractivity (Wildman–Crippen MR) is 93.1 cm³/mol. The molecule has 3 rings (SSSR count). The van der Waals surface area contributed by atoms with Crippen LogP contribution in [0.3, 0.4) is 0 Å². The van der Waals surface area contributed by atoms with Gasteiger partial charge in [-0.25, -0.2) is 4.52 Å². The molecule has 0 unspecified atom stereocenters. The first-order chi connectivity index (χ1) is 11.7. The van der Waals surface area contributed by atoms with Crippen molar-refractivity contribution < 1.29 is 9.53 Å². The van der Waals surface area contributed by atoms with Gasteiger partial charge >= 0.3 is 0 Å². The average Bonchev–Trinajstić information content (AvgIpc) is 3.02. The summed E-state index contributed by atoms with van der Waals surface area (Å²) in [5.74, 6) is 1.07. The van der Waals surface area contributed by atoms with Crippen molar-refractivity contribution in [2.24, 2.45) is 0 Å². The summed E-state index contributed by atoms with van der Waals surface area (Å²) >= 11 is 0. The van der Waals surface area contributed by atoms with E-state index in [9.17, 15) is 4.79 Å². The molecular weight excluding hydrogens is 304 g/mol. The Bertz CT molecular complexity index is 840. The maximum Gasteiger partial charge on any atom is 0.249 e. The molecule has 0 atom stereocenters. The van der Waals surface area contributed by atoms with Crippen molar-refractivity contribution in [3.63, 3.8) is 0 Å². The lowest BCUT2D eigenvalue weighted by Gasteiger charge is -2.05. The molecule has 0 aliphatic heterocycles. The molecule has 24 heavy (non-hydrogen) atoms. The van der Waals surface area contributed by atoms with Crippen LogP contribution < -0.4 is 10.1 Å². The fourth-order valence-corrected chi connectivity index (χ4v) is 2.46. The molecule has 2 heterocycles. The van der Waals surface area contributed by atoms with Crippen LogP contribution in [0.1, 0.15) is 26.2 Å². The summed E-state index contributed by atoms with van der Waals surface area (Å²) in [6, 6.07) is 13.5. The summed E-state index contributed by atoms with van der Waals surface area (Å²) in [6.45, 7) is 2.05. The van der Waals surface area contributed by atoms with Gasteiger partial charge in [0.2, 0.25) is 11.9 Å². The van der Waals surface area contributed by atoms with Crippen LogP contribution in [0.4, 0.5) is 5.95 Å². The molecule has 0 bridgehead atoms. The van der Waals surface area contributed by atoms with E-state index in [0.717, 1.165) is 29.8 Å². The lowest BCUT2D eigenvalue weighted by molar-refractivity contribution is -0.116. The highest BCUT2D eigenvalue weighted by Gasteiger charge is 2.11. The number of unbranched alkanes of at least 4 members (excludes halogenated alkanes) is 1. The van der Waals surface area contributed by atoms with Crippen LogP contribution in [-0.2, 0) is 4.79 Å². The van der Waals surface area contributed by atoms with Crippen LogP contribution in [-0.4, -0.2) is 27.6 Å². The highest BCUT2D eigenvalue weighted by Crippen LogP contribution is 2.23. The molecule has 6 heteroatoms. The van der Waals surface area contributed by atoms with Gasteiger partial charge in [-0.3, -0.25) is 10.1 Å². The Balaban J connectivity index is 1.90. The number of pyridine rings is 1. The Morgan fingerprint density at radius 1 is 1.21 bits per heavy atom. The maximum absolute atomic E-state index is 11.9.